The van der Waals surface area contributed by atoms with Crippen LogP contribution < -0.4 is 10.1 Å². The highest BCUT2D eigenvalue weighted by Gasteiger charge is 2.52. The third-order valence-electron chi connectivity index (χ3n) is 5.32. The molecule has 1 unspecified atom stereocenters. The number of carbonyl (C=O) groups is 3. The highest BCUT2D eigenvalue weighted by molar-refractivity contribution is 8.00. The number of thioether (sulfide) groups is 1. The van der Waals surface area contributed by atoms with Crippen molar-refractivity contribution >= 4 is 29.5 Å². The molecule has 2 atom stereocenters. The summed E-state index contributed by atoms with van der Waals surface area (Å²) >= 11 is 1.43. The number of carbonyl (C=O) groups excluding carboxylic acids is 3. The number of aromatic hydroxyl groups is 2. The van der Waals surface area contributed by atoms with Crippen molar-refractivity contribution in [2.75, 3.05) is 12.9 Å². The highest BCUT2D eigenvalue weighted by atomic mass is 32.2. The van der Waals surface area contributed by atoms with E-state index in [0.29, 0.717) is 17.1 Å². The zero-order valence-corrected chi connectivity index (χ0v) is 18.5. The summed E-state index contributed by atoms with van der Waals surface area (Å²) in [7, 11) is 1.57. The number of benzene rings is 2. The third-order valence-corrected chi connectivity index (χ3v) is 6.50. The molecule has 172 valence electrons. The van der Waals surface area contributed by atoms with Gasteiger partial charge in [0.05, 0.1) is 13.5 Å². The smallest absolute Gasteiger partial charge is 0.355 e. The predicted octanol–water partition coefficient (Wildman–Crippen LogP) is 1.68. The molecule has 2 heterocycles. The van der Waals surface area contributed by atoms with E-state index in [2.05, 4.69) is 5.32 Å². The first-order valence-electron chi connectivity index (χ1n) is 10.1. The van der Waals surface area contributed by atoms with Crippen LogP contribution >= 0.6 is 11.8 Å². The van der Waals surface area contributed by atoms with Crippen molar-refractivity contribution in [3.8, 4) is 17.2 Å². The van der Waals surface area contributed by atoms with Crippen LogP contribution in [-0.2, 0) is 32.1 Å². The largest absolute Gasteiger partial charge is 0.508 e. The number of methoxy groups -OCH3 is 1. The number of hydrogen-bond acceptors (Lipinski definition) is 8. The maximum Gasteiger partial charge on any atom is 0.355 e. The Morgan fingerprint density at radius 1 is 1.18 bits per heavy atom. The van der Waals surface area contributed by atoms with Crippen LogP contribution in [0.4, 0.5) is 0 Å². The Labute approximate surface area is 194 Å². The number of fused-ring (bicyclic) bond motifs is 1. The molecule has 2 aliphatic rings. The van der Waals surface area contributed by atoms with Crippen LogP contribution in [0.2, 0.25) is 0 Å². The van der Waals surface area contributed by atoms with Gasteiger partial charge in [-0.15, -0.1) is 11.8 Å². The van der Waals surface area contributed by atoms with Crippen molar-refractivity contribution in [2.45, 2.75) is 24.4 Å². The number of phenols is 2. The third kappa shape index (κ3) is 4.75. The molecule has 2 aromatic rings. The van der Waals surface area contributed by atoms with E-state index in [0.717, 1.165) is 11.6 Å². The number of phenolic OH excluding ortho intramolecular Hbond substituents is 2. The standard InChI is InChI=1S/C23H22N2O7S/c1-31-16-6-2-13(3-7-16)12-32-23(30)17-8-9-33-22-20(21(29)25(17)22)24-19(28)10-14-4-5-15(26)11-18(14)27/h2-8,11,20,22,26-27H,9-10,12H2,1H3,(H,24,28)/t20?,22-/m0/s1. The van der Waals surface area contributed by atoms with Gasteiger partial charge in [0.25, 0.3) is 5.91 Å². The van der Waals surface area contributed by atoms with E-state index in [9.17, 15) is 24.6 Å². The van der Waals surface area contributed by atoms with E-state index in [1.807, 2.05) is 0 Å². The second-order valence-electron chi connectivity index (χ2n) is 7.48. The van der Waals surface area contributed by atoms with Gasteiger partial charge in [0.2, 0.25) is 5.91 Å². The van der Waals surface area contributed by atoms with E-state index in [4.69, 9.17) is 9.47 Å². The topological polar surface area (TPSA) is 125 Å². The molecular weight excluding hydrogens is 448 g/mol. The summed E-state index contributed by atoms with van der Waals surface area (Å²) in [6.45, 7) is 0.0519. The Morgan fingerprint density at radius 3 is 2.64 bits per heavy atom. The fourth-order valence-corrected chi connectivity index (χ4v) is 4.77. The van der Waals surface area contributed by atoms with E-state index in [1.165, 1.54) is 28.8 Å². The van der Waals surface area contributed by atoms with Gasteiger partial charge in [0.1, 0.15) is 41.0 Å². The van der Waals surface area contributed by atoms with Gasteiger partial charge in [-0.3, -0.25) is 14.5 Å². The van der Waals surface area contributed by atoms with Gasteiger partial charge in [0.15, 0.2) is 0 Å². The number of nitrogens with one attached hydrogen (secondary N) is 1. The van der Waals surface area contributed by atoms with Crippen molar-refractivity contribution in [3.05, 3.63) is 65.4 Å². The van der Waals surface area contributed by atoms with Crippen molar-refractivity contribution in [3.63, 3.8) is 0 Å². The number of β-lactam (4-membered cyclic amide) rings is 1. The van der Waals surface area contributed by atoms with Gasteiger partial charge in [-0.1, -0.05) is 18.2 Å². The maximum atomic E-state index is 12.7. The quantitative estimate of drug-likeness (QED) is 0.412. The number of hydrogen-bond donors (Lipinski definition) is 3. The molecule has 4 rings (SSSR count). The van der Waals surface area contributed by atoms with Gasteiger partial charge < -0.3 is 25.0 Å². The average Bonchev–Trinajstić information content (AvgIpc) is 2.82. The van der Waals surface area contributed by atoms with Crippen LogP contribution in [0.25, 0.3) is 0 Å². The molecule has 2 amide bonds. The average molecular weight is 471 g/mol. The van der Waals surface area contributed by atoms with E-state index in [-0.39, 0.29) is 30.2 Å². The second-order valence-corrected chi connectivity index (χ2v) is 8.63. The van der Waals surface area contributed by atoms with Crippen LogP contribution in [0.3, 0.4) is 0 Å². The fourth-order valence-electron chi connectivity index (χ4n) is 3.57. The maximum absolute atomic E-state index is 12.7. The first-order valence-corrected chi connectivity index (χ1v) is 11.2. The lowest BCUT2D eigenvalue weighted by Crippen LogP contribution is -2.70. The van der Waals surface area contributed by atoms with Gasteiger partial charge in [0, 0.05) is 17.4 Å². The summed E-state index contributed by atoms with van der Waals surface area (Å²) in [5.41, 5.74) is 1.27. The van der Waals surface area contributed by atoms with Crippen LogP contribution in [0.5, 0.6) is 17.2 Å². The minimum atomic E-state index is -0.778. The molecule has 9 nitrogen and oxygen atoms in total. The Balaban J connectivity index is 1.34. The molecule has 33 heavy (non-hydrogen) atoms. The Morgan fingerprint density at radius 2 is 1.94 bits per heavy atom. The molecular formula is C23H22N2O7S. The molecule has 0 aliphatic carbocycles. The van der Waals surface area contributed by atoms with Crippen molar-refractivity contribution in [1.82, 2.24) is 10.2 Å². The molecule has 1 saturated heterocycles. The molecule has 0 aromatic heterocycles. The Bertz CT molecular complexity index is 1120. The van der Waals surface area contributed by atoms with E-state index >= 15 is 0 Å². The molecule has 2 aromatic carbocycles. The van der Waals surface area contributed by atoms with Gasteiger partial charge in [-0.05, 0) is 29.8 Å². The summed E-state index contributed by atoms with van der Waals surface area (Å²) in [4.78, 5) is 39.1. The van der Waals surface area contributed by atoms with Crippen molar-refractivity contribution < 1.29 is 34.1 Å². The normalized spacial score (nSPS) is 19.1. The van der Waals surface area contributed by atoms with Crippen LogP contribution in [0, 0.1) is 0 Å². The Hall–Kier alpha value is -3.66. The van der Waals surface area contributed by atoms with Crippen LogP contribution in [0.1, 0.15) is 11.1 Å². The van der Waals surface area contributed by atoms with Crippen LogP contribution in [0.15, 0.2) is 54.2 Å². The molecule has 3 N–H and O–H groups in total. The van der Waals surface area contributed by atoms with E-state index < -0.39 is 29.2 Å². The summed E-state index contributed by atoms with van der Waals surface area (Å²) in [5.74, 6) is -0.590. The number of rotatable bonds is 7. The minimum Gasteiger partial charge on any atom is -0.508 e. The van der Waals surface area contributed by atoms with E-state index in [1.54, 1.807) is 37.5 Å². The lowest BCUT2D eigenvalue weighted by atomic mass is 10.0. The van der Waals surface area contributed by atoms with Gasteiger partial charge in [-0.25, -0.2) is 4.79 Å². The molecule has 0 saturated carbocycles. The van der Waals surface area contributed by atoms with Gasteiger partial charge in [-0.2, -0.15) is 0 Å². The first-order chi connectivity index (χ1) is 15.9. The zero-order valence-electron chi connectivity index (χ0n) is 17.7. The second kappa shape index (κ2) is 9.45. The summed E-state index contributed by atoms with van der Waals surface area (Å²) in [6, 6.07) is 10.3. The monoisotopic (exact) mass is 470 g/mol. The Kier molecular flexibility index (Phi) is 6.45. The number of ether oxygens (including phenoxy) is 2. The predicted molar refractivity (Wildman–Crippen MR) is 119 cm³/mol. The molecule has 2 aliphatic heterocycles. The molecule has 10 heteroatoms. The number of amides is 2. The number of esters is 1. The first kappa shape index (κ1) is 22.5. The van der Waals surface area contributed by atoms with Gasteiger partial charge >= 0.3 is 5.97 Å². The SMILES string of the molecule is COc1ccc(COC(=O)C2=CCS[C@H]3C(NC(=O)Cc4ccc(O)cc4O)C(=O)N23)cc1. The summed E-state index contributed by atoms with van der Waals surface area (Å²) < 4.78 is 10.5. The molecule has 1 fully saturated rings. The van der Waals surface area contributed by atoms with Crippen LogP contribution in [-0.4, -0.2) is 57.2 Å². The molecule has 0 spiro atoms. The summed E-state index contributed by atoms with van der Waals surface area (Å²) in [6.07, 6.45) is 1.49. The lowest BCUT2D eigenvalue weighted by Gasteiger charge is -2.48. The summed E-state index contributed by atoms with van der Waals surface area (Å²) in [5, 5.41) is 21.5. The number of nitrogens with zero attached hydrogens (tertiary/aromatic N) is 1. The van der Waals surface area contributed by atoms with Crippen molar-refractivity contribution in [2.24, 2.45) is 0 Å². The minimum absolute atomic E-state index is 0.0519. The fraction of sp³-hybridized carbons (Fsp3) is 0.261. The van der Waals surface area contributed by atoms with Crippen molar-refractivity contribution in [1.29, 1.82) is 0 Å². The molecule has 0 radical (unpaired) electrons. The zero-order chi connectivity index (χ0) is 23.5. The molecule has 0 bridgehead atoms. The highest BCUT2D eigenvalue weighted by Crippen LogP contribution is 2.38. The lowest BCUT2D eigenvalue weighted by molar-refractivity contribution is -0.153.